The van der Waals surface area contributed by atoms with E-state index in [-0.39, 0.29) is 0 Å². The van der Waals surface area contributed by atoms with Crippen molar-refractivity contribution in [2.24, 2.45) is 0 Å². The Bertz CT molecular complexity index is 581. The highest BCUT2D eigenvalue weighted by molar-refractivity contribution is 5.62. The van der Waals surface area contributed by atoms with Crippen molar-refractivity contribution < 1.29 is 0 Å². The van der Waals surface area contributed by atoms with Gasteiger partial charge in [0.25, 0.3) is 0 Å². The first-order valence-corrected chi connectivity index (χ1v) is 7.73. The van der Waals surface area contributed by atoms with Gasteiger partial charge in [0.15, 0.2) is 0 Å². The molecule has 112 valence electrons. The monoisotopic (exact) mass is 284 g/mol. The summed E-state index contributed by atoms with van der Waals surface area (Å²) in [6, 6.07) is 10.4. The molecule has 2 aromatic rings. The molecule has 4 nitrogen and oxygen atoms in total. The number of hydrogen-bond acceptors (Lipinski definition) is 4. The van der Waals surface area contributed by atoms with Crippen molar-refractivity contribution in [1.29, 1.82) is 0 Å². The number of benzene rings is 1. The van der Waals surface area contributed by atoms with Crippen LogP contribution in [0.25, 0.3) is 0 Å². The molecule has 4 heteroatoms. The van der Waals surface area contributed by atoms with Crippen molar-refractivity contribution in [3.8, 4) is 0 Å². The van der Waals surface area contributed by atoms with Gasteiger partial charge < -0.3 is 10.6 Å². The Labute approximate surface area is 127 Å². The topological polar surface area (TPSA) is 49.8 Å². The number of aromatic nitrogens is 2. The maximum absolute atomic E-state index is 4.57. The zero-order chi connectivity index (χ0) is 15.1. The van der Waals surface area contributed by atoms with Gasteiger partial charge in [0.1, 0.15) is 17.5 Å². The van der Waals surface area contributed by atoms with E-state index < -0.39 is 0 Å². The minimum absolute atomic E-state index is 0.824. The molecule has 2 N–H and O–H groups in total. The smallest absolute Gasteiger partial charge is 0.136 e. The number of nitrogens with zero attached hydrogens (tertiary/aromatic N) is 2. The Kier molecular flexibility index (Phi) is 5.55. The molecule has 1 aromatic carbocycles. The standard InChI is InChI=1S/C17H24N4/c1-4-9-13-10-7-8-11-14(13)19-17-12-16(18-6-3)20-15(5-2)21-17/h7-8,10-12H,4-6,9H2,1-3H3,(H2,18,19,20,21). The van der Waals surface area contributed by atoms with Gasteiger partial charge >= 0.3 is 0 Å². The molecule has 1 aromatic heterocycles. The molecule has 0 unspecified atom stereocenters. The van der Waals surface area contributed by atoms with Crippen molar-refractivity contribution in [2.75, 3.05) is 17.2 Å². The Balaban J connectivity index is 2.28. The molecule has 2 rings (SSSR count). The predicted molar refractivity (Wildman–Crippen MR) is 89.3 cm³/mol. The second kappa shape index (κ2) is 7.62. The molecule has 0 aliphatic carbocycles. The predicted octanol–water partition coefficient (Wildman–Crippen LogP) is 4.17. The molecule has 21 heavy (non-hydrogen) atoms. The highest BCUT2D eigenvalue weighted by Gasteiger charge is 2.06. The third-order valence-corrected chi connectivity index (χ3v) is 3.25. The summed E-state index contributed by atoms with van der Waals surface area (Å²) in [5.41, 5.74) is 2.45. The quantitative estimate of drug-likeness (QED) is 0.801. The summed E-state index contributed by atoms with van der Waals surface area (Å²) in [6.07, 6.45) is 3.02. The zero-order valence-corrected chi connectivity index (χ0v) is 13.1. The van der Waals surface area contributed by atoms with Crippen LogP contribution in [0.15, 0.2) is 30.3 Å². The van der Waals surface area contributed by atoms with Crippen LogP contribution in [-0.2, 0) is 12.8 Å². The van der Waals surface area contributed by atoms with Gasteiger partial charge in [0.05, 0.1) is 0 Å². The summed E-state index contributed by atoms with van der Waals surface area (Å²) in [4.78, 5) is 9.05. The van der Waals surface area contributed by atoms with E-state index in [0.717, 1.165) is 49.0 Å². The van der Waals surface area contributed by atoms with Crippen molar-refractivity contribution in [2.45, 2.75) is 40.0 Å². The van der Waals surface area contributed by atoms with Crippen LogP contribution in [0.2, 0.25) is 0 Å². The van der Waals surface area contributed by atoms with Crippen LogP contribution in [0.3, 0.4) is 0 Å². The fraction of sp³-hybridized carbons (Fsp3) is 0.412. The largest absolute Gasteiger partial charge is 0.370 e. The average Bonchev–Trinajstić information content (AvgIpc) is 2.49. The van der Waals surface area contributed by atoms with Crippen molar-refractivity contribution in [1.82, 2.24) is 9.97 Å². The lowest BCUT2D eigenvalue weighted by Crippen LogP contribution is -2.06. The fourth-order valence-corrected chi connectivity index (χ4v) is 2.26. The number of aryl methyl sites for hydroxylation is 2. The van der Waals surface area contributed by atoms with Gasteiger partial charge in [-0.15, -0.1) is 0 Å². The normalized spacial score (nSPS) is 10.4. The lowest BCUT2D eigenvalue weighted by molar-refractivity contribution is 0.920. The first kappa shape index (κ1) is 15.3. The SMILES string of the molecule is CCCc1ccccc1Nc1cc(NCC)nc(CC)n1. The first-order chi connectivity index (χ1) is 10.3. The third kappa shape index (κ3) is 4.18. The van der Waals surface area contributed by atoms with Crippen LogP contribution in [0.1, 0.15) is 38.6 Å². The fourth-order valence-electron chi connectivity index (χ4n) is 2.26. The number of nitrogens with one attached hydrogen (secondary N) is 2. The molecule has 0 bridgehead atoms. The van der Waals surface area contributed by atoms with Crippen LogP contribution in [-0.4, -0.2) is 16.5 Å². The third-order valence-electron chi connectivity index (χ3n) is 3.25. The van der Waals surface area contributed by atoms with E-state index >= 15 is 0 Å². The maximum Gasteiger partial charge on any atom is 0.136 e. The summed E-state index contributed by atoms with van der Waals surface area (Å²) in [5.74, 6) is 2.57. The molecule has 0 amide bonds. The number of rotatable bonds is 7. The van der Waals surface area contributed by atoms with E-state index in [2.05, 4.69) is 65.6 Å². The lowest BCUT2D eigenvalue weighted by Gasteiger charge is -2.13. The van der Waals surface area contributed by atoms with Gasteiger partial charge in [0.2, 0.25) is 0 Å². The summed E-state index contributed by atoms with van der Waals surface area (Å²) < 4.78 is 0. The van der Waals surface area contributed by atoms with Gasteiger partial charge in [-0.2, -0.15) is 0 Å². The van der Waals surface area contributed by atoms with E-state index in [1.165, 1.54) is 5.56 Å². The minimum atomic E-state index is 0.824. The molecular weight excluding hydrogens is 260 g/mol. The molecule has 0 saturated heterocycles. The van der Waals surface area contributed by atoms with Gasteiger partial charge in [-0.25, -0.2) is 9.97 Å². The van der Waals surface area contributed by atoms with Crippen molar-refractivity contribution >= 4 is 17.3 Å². The Morgan fingerprint density at radius 1 is 1.00 bits per heavy atom. The van der Waals surface area contributed by atoms with Crippen LogP contribution >= 0.6 is 0 Å². The van der Waals surface area contributed by atoms with Gasteiger partial charge in [-0.1, -0.05) is 38.5 Å². The number of anilines is 3. The Hall–Kier alpha value is -2.10. The van der Waals surface area contributed by atoms with Crippen LogP contribution in [0.5, 0.6) is 0 Å². The average molecular weight is 284 g/mol. The highest BCUT2D eigenvalue weighted by atomic mass is 15.1. The summed E-state index contributed by atoms with van der Waals surface area (Å²) in [7, 11) is 0. The zero-order valence-electron chi connectivity index (χ0n) is 13.1. The van der Waals surface area contributed by atoms with Crippen LogP contribution < -0.4 is 10.6 Å². The second-order valence-corrected chi connectivity index (χ2v) is 4.97. The number of hydrogen-bond donors (Lipinski definition) is 2. The van der Waals surface area contributed by atoms with E-state index in [0.29, 0.717) is 0 Å². The molecule has 0 atom stereocenters. The first-order valence-electron chi connectivity index (χ1n) is 7.73. The Morgan fingerprint density at radius 3 is 2.48 bits per heavy atom. The second-order valence-electron chi connectivity index (χ2n) is 4.97. The lowest BCUT2D eigenvalue weighted by atomic mass is 10.1. The van der Waals surface area contributed by atoms with Gasteiger partial charge in [-0.05, 0) is 25.0 Å². The minimum Gasteiger partial charge on any atom is -0.370 e. The molecule has 0 aliphatic heterocycles. The summed E-state index contributed by atoms with van der Waals surface area (Å²) in [6.45, 7) is 7.18. The van der Waals surface area contributed by atoms with E-state index in [1.807, 2.05) is 6.07 Å². The molecule has 0 fully saturated rings. The van der Waals surface area contributed by atoms with Crippen LogP contribution in [0.4, 0.5) is 17.3 Å². The van der Waals surface area contributed by atoms with Gasteiger partial charge in [0, 0.05) is 24.7 Å². The summed E-state index contributed by atoms with van der Waals surface area (Å²) in [5, 5.41) is 6.70. The van der Waals surface area contributed by atoms with Gasteiger partial charge in [-0.3, -0.25) is 0 Å². The molecule has 0 radical (unpaired) electrons. The maximum atomic E-state index is 4.57. The van der Waals surface area contributed by atoms with Crippen molar-refractivity contribution in [3.05, 3.63) is 41.7 Å². The molecule has 0 saturated carbocycles. The van der Waals surface area contributed by atoms with E-state index in [1.54, 1.807) is 0 Å². The van der Waals surface area contributed by atoms with Crippen LogP contribution in [0, 0.1) is 0 Å². The molecule has 0 aliphatic rings. The molecule has 1 heterocycles. The summed E-state index contributed by atoms with van der Waals surface area (Å²) >= 11 is 0. The molecule has 0 spiro atoms. The van der Waals surface area contributed by atoms with E-state index in [9.17, 15) is 0 Å². The number of para-hydroxylation sites is 1. The van der Waals surface area contributed by atoms with Crippen molar-refractivity contribution in [3.63, 3.8) is 0 Å². The Morgan fingerprint density at radius 2 is 1.76 bits per heavy atom. The highest BCUT2D eigenvalue weighted by Crippen LogP contribution is 2.22. The van der Waals surface area contributed by atoms with E-state index in [4.69, 9.17) is 0 Å². The molecular formula is C17H24N4.